The van der Waals surface area contributed by atoms with Gasteiger partial charge in [0.05, 0.1) is 6.04 Å². The number of amides is 1. The number of hydrogen-bond acceptors (Lipinski definition) is 3. The Morgan fingerprint density at radius 3 is 2.24 bits per heavy atom. The standard InChI is InChI=1S/C16H14ClNO3/c17-13-8-6-12(7-9-13)16(21)18-14(10-15(19)20)11-4-2-1-3-5-11/h1-9,14H,10H2,(H,18,21)(H,19,20)/p-1/t14-/m0/s1. The number of carbonyl (C=O) groups is 2. The Morgan fingerprint density at radius 2 is 1.67 bits per heavy atom. The van der Waals surface area contributed by atoms with E-state index in [0.717, 1.165) is 0 Å². The SMILES string of the molecule is O=C([O-])C[C@H](NC(=O)c1ccc(Cl)cc1)c1ccccc1. The first-order valence-electron chi connectivity index (χ1n) is 6.37. The van der Waals surface area contributed by atoms with Gasteiger partial charge in [-0.2, -0.15) is 0 Å². The van der Waals surface area contributed by atoms with E-state index in [1.165, 1.54) is 0 Å². The number of hydrogen-bond donors (Lipinski definition) is 1. The lowest BCUT2D eigenvalue weighted by Gasteiger charge is -2.19. The van der Waals surface area contributed by atoms with Gasteiger partial charge < -0.3 is 15.2 Å². The van der Waals surface area contributed by atoms with Crippen molar-refractivity contribution in [1.29, 1.82) is 0 Å². The number of benzene rings is 2. The highest BCUT2D eigenvalue weighted by Crippen LogP contribution is 2.17. The maximum absolute atomic E-state index is 12.2. The molecule has 21 heavy (non-hydrogen) atoms. The van der Waals surface area contributed by atoms with E-state index in [4.69, 9.17) is 11.6 Å². The molecule has 1 amide bonds. The molecule has 4 nitrogen and oxygen atoms in total. The molecule has 2 aromatic carbocycles. The highest BCUT2D eigenvalue weighted by atomic mass is 35.5. The second kappa shape index (κ2) is 6.90. The van der Waals surface area contributed by atoms with Crippen molar-refractivity contribution in [1.82, 2.24) is 5.32 Å². The molecule has 1 N–H and O–H groups in total. The monoisotopic (exact) mass is 302 g/mol. The molecule has 0 heterocycles. The summed E-state index contributed by atoms with van der Waals surface area (Å²) in [7, 11) is 0. The lowest BCUT2D eigenvalue weighted by molar-refractivity contribution is -0.306. The van der Waals surface area contributed by atoms with Gasteiger partial charge in [-0.15, -0.1) is 0 Å². The molecule has 0 aliphatic carbocycles. The smallest absolute Gasteiger partial charge is 0.251 e. The summed E-state index contributed by atoms with van der Waals surface area (Å²) in [5.41, 5.74) is 1.13. The van der Waals surface area contributed by atoms with Crippen LogP contribution in [0.3, 0.4) is 0 Å². The van der Waals surface area contributed by atoms with Crippen molar-refractivity contribution < 1.29 is 14.7 Å². The quantitative estimate of drug-likeness (QED) is 0.918. The fourth-order valence-electron chi connectivity index (χ4n) is 1.95. The van der Waals surface area contributed by atoms with Gasteiger partial charge in [-0.05, 0) is 29.8 Å². The molecule has 0 saturated carbocycles. The molecule has 2 rings (SSSR count). The molecular weight excluding hydrogens is 290 g/mol. The molecular formula is C16H13ClNO3-. The largest absolute Gasteiger partial charge is 0.550 e. The Balaban J connectivity index is 2.17. The van der Waals surface area contributed by atoms with Crippen molar-refractivity contribution in [2.75, 3.05) is 0 Å². The Hall–Kier alpha value is -2.33. The molecule has 0 bridgehead atoms. The predicted octanol–water partition coefficient (Wildman–Crippen LogP) is 1.95. The van der Waals surface area contributed by atoms with Gasteiger partial charge in [0.1, 0.15) is 0 Å². The Bertz CT molecular complexity index is 626. The molecule has 108 valence electrons. The summed E-state index contributed by atoms with van der Waals surface area (Å²) in [5.74, 6) is -1.58. The van der Waals surface area contributed by atoms with Crippen molar-refractivity contribution >= 4 is 23.5 Å². The number of carbonyl (C=O) groups excluding carboxylic acids is 2. The number of rotatable bonds is 5. The minimum Gasteiger partial charge on any atom is -0.550 e. The van der Waals surface area contributed by atoms with Crippen LogP contribution in [-0.2, 0) is 4.79 Å². The minimum atomic E-state index is -1.22. The first-order valence-corrected chi connectivity index (χ1v) is 6.75. The second-order valence-corrected chi connectivity index (χ2v) is 4.96. The summed E-state index contributed by atoms with van der Waals surface area (Å²) in [5, 5.41) is 14.1. The summed E-state index contributed by atoms with van der Waals surface area (Å²) in [6.07, 6.45) is -0.288. The van der Waals surface area contributed by atoms with Crippen LogP contribution in [0, 0.1) is 0 Å². The Morgan fingerprint density at radius 1 is 1.05 bits per heavy atom. The molecule has 0 spiro atoms. The molecule has 0 saturated heterocycles. The molecule has 2 aromatic rings. The molecule has 0 aliphatic heterocycles. The van der Waals surface area contributed by atoms with Gasteiger partial charge in [-0.25, -0.2) is 0 Å². The normalized spacial score (nSPS) is 11.7. The summed E-state index contributed by atoms with van der Waals surface area (Å²) in [4.78, 5) is 23.0. The van der Waals surface area contributed by atoms with E-state index in [1.54, 1.807) is 48.5 Å². The zero-order valence-corrected chi connectivity index (χ0v) is 11.8. The third-order valence-electron chi connectivity index (χ3n) is 2.98. The summed E-state index contributed by atoms with van der Waals surface area (Å²) in [6, 6.07) is 14.6. The molecule has 0 unspecified atom stereocenters. The average molecular weight is 303 g/mol. The zero-order chi connectivity index (χ0) is 15.2. The molecule has 0 aromatic heterocycles. The fraction of sp³-hybridized carbons (Fsp3) is 0.125. The van der Waals surface area contributed by atoms with Crippen molar-refractivity contribution in [3.05, 3.63) is 70.7 Å². The van der Waals surface area contributed by atoms with Gasteiger partial charge in [0, 0.05) is 23.0 Å². The molecule has 5 heteroatoms. The van der Waals surface area contributed by atoms with Crippen LogP contribution in [0.4, 0.5) is 0 Å². The first-order chi connectivity index (χ1) is 10.1. The molecule has 1 atom stereocenters. The highest BCUT2D eigenvalue weighted by molar-refractivity contribution is 6.30. The molecule has 0 radical (unpaired) electrons. The van der Waals surface area contributed by atoms with Gasteiger partial charge in [-0.3, -0.25) is 4.79 Å². The first kappa shape index (κ1) is 15.1. The fourth-order valence-corrected chi connectivity index (χ4v) is 2.07. The summed E-state index contributed by atoms with van der Waals surface area (Å²) < 4.78 is 0. The molecule has 0 aliphatic rings. The number of halogens is 1. The van der Waals surface area contributed by atoms with Crippen LogP contribution in [-0.4, -0.2) is 11.9 Å². The topological polar surface area (TPSA) is 69.2 Å². The van der Waals surface area contributed by atoms with Gasteiger partial charge in [0.15, 0.2) is 0 Å². The van der Waals surface area contributed by atoms with Crippen molar-refractivity contribution in [2.24, 2.45) is 0 Å². The second-order valence-electron chi connectivity index (χ2n) is 4.52. The van der Waals surface area contributed by atoms with Crippen LogP contribution in [0.25, 0.3) is 0 Å². The van der Waals surface area contributed by atoms with Crippen LogP contribution in [0.2, 0.25) is 5.02 Å². The number of carboxylic acids is 1. The Labute approximate surface area is 127 Å². The van der Waals surface area contributed by atoms with Crippen LogP contribution in [0.5, 0.6) is 0 Å². The van der Waals surface area contributed by atoms with E-state index >= 15 is 0 Å². The number of carboxylic acid groups (broad SMARTS) is 1. The van der Waals surface area contributed by atoms with E-state index in [9.17, 15) is 14.7 Å². The van der Waals surface area contributed by atoms with Crippen molar-refractivity contribution in [3.63, 3.8) is 0 Å². The van der Waals surface area contributed by atoms with Crippen molar-refractivity contribution in [3.8, 4) is 0 Å². The number of nitrogens with one attached hydrogen (secondary N) is 1. The zero-order valence-electron chi connectivity index (χ0n) is 11.1. The van der Waals surface area contributed by atoms with Gasteiger partial charge in [0.2, 0.25) is 0 Å². The van der Waals surface area contributed by atoms with Gasteiger partial charge in [-0.1, -0.05) is 41.9 Å². The third-order valence-corrected chi connectivity index (χ3v) is 3.24. The van der Waals surface area contributed by atoms with Crippen LogP contribution in [0.1, 0.15) is 28.4 Å². The van der Waals surface area contributed by atoms with E-state index < -0.39 is 12.0 Å². The van der Waals surface area contributed by atoms with Crippen LogP contribution >= 0.6 is 11.6 Å². The van der Waals surface area contributed by atoms with Crippen molar-refractivity contribution in [2.45, 2.75) is 12.5 Å². The van der Waals surface area contributed by atoms with E-state index in [0.29, 0.717) is 16.1 Å². The number of aliphatic carboxylic acids is 1. The maximum atomic E-state index is 12.2. The summed E-state index contributed by atoms with van der Waals surface area (Å²) in [6.45, 7) is 0. The Kier molecular flexibility index (Phi) is 4.95. The third kappa shape index (κ3) is 4.33. The van der Waals surface area contributed by atoms with Crippen LogP contribution < -0.4 is 10.4 Å². The minimum absolute atomic E-state index is 0.288. The van der Waals surface area contributed by atoms with Crippen LogP contribution in [0.15, 0.2) is 54.6 Å². The summed E-state index contributed by atoms with van der Waals surface area (Å²) >= 11 is 5.77. The lowest BCUT2D eigenvalue weighted by atomic mass is 10.0. The average Bonchev–Trinajstić information content (AvgIpc) is 2.47. The van der Waals surface area contributed by atoms with E-state index in [1.807, 2.05) is 6.07 Å². The predicted molar refractivity (Wildman–Crippen MR) is 77.7 cm³/mol. The van der Waals surface area contributed by atoms with Gasteiger partial charge in [0.25, 0.3) is 5.91 Å². The van der Waals surface area contributed by atoms with E-state index in [-0.39, 0.29) is 12.3 Å². The van der Waals surface area contributed by atoms with Gasteiger partial charge >= 0.3 is 0 Å². The lowest BCUT2D eigenvalue weighted by Crippen LogP contribution is -2.34. The molecule has 0 fully saturated rings. The maximum Gasteiger partial charge on any atom is 0.251 e. The van der Waals surface area contributed by atoms with E-state index in [2.05, 4.69) is 5.32 Å². The highest BCUT2D eigenvalue weighted by Gasteiger charge is 2.15.